The molecule has 1 unspecified atom stereocenters. The van der Waals surface area contributed by atoms with Gasteiger partial charge in [0.1, 0.15) is 12.0 Å². The third-order valence-electron chi connectivity index (χ3n) is 3.03. The molecule has 0 bridgehead atoms. The Morgan fingerprint density at radius 2 is 1.75 bits per heavy atom. The van der Waals surface area contributed by atoms with E-state index in [0.717, 1.165) is 23.3 Å². The normalized spacial score (nSPS) is 19.4. The van der Waals surface area contributed by atoms with Gasteiger partial charge in [-0.05, 0) is 44.0 Å². The monoisotopic (exact) mass is 283 g/mol. The SMILES string of the molecule is CC(Oc1ccc(Br)cc1)N1CCCCC1. The summed E-state index contributed by atoms with van der Waals surface area (Å²) >= 11 is 3.42. The highest BCUT2D eigenvalue weighted by atomic mass is 79.9. The maximum Gasteiger partial charge on any atom is 0.149 e. The standard InChI is InChI=1S/C13H18BrNO/c1-11(15-9-3-2-4-10-15)16-13-7-5-12(14)6-8-13/h5-8,11H,2-4,9-10H2,1H3. The van der Waals surface area contributed by atoms with E-state index in [0.29, 0.717) is 0 Å². The van der Waals surface area contributed by atoms with E-state index in [1.165, 1.54) is 19.3 Å². The fourth-order valence-corrected chi connectivity index (χ4v) is 2.33. The first-order valence-electron chi connectivity index (χ1n) is 5.92. The zero-order chi connectivity index (χ0) is 11.4. The van der Waals surface area contributed by atoms with Gasteiger partial charge in [0, 0.05) is 17.6 Å². The van der Waals surface area contributed by atoms with Crippen molar-refractivity contribution in [2.24, 2.45) is 0 Å². The molecule has 1 aliphatic rings. The van der Waals surface area contributed by atoms with Gasteiger partial charge in [0.2, 0.25) is 0 Å². The van der Waals surface area contributed by atoms with E-state index in [9.17, 15) is 0 Å². The number of halogens is 1. The largest absolute Gasteiger partial charge is 0.475 e. The van der Waals surface area contributed by atoms with Crippen molar-refractivity contribution < 1.29 is 4.74 Å². The third kappa shape index (κ3) is 3.22. The van der Waals surface area contributed by atoms with Gasteiger partial charge in [0.25, 0.3) is 0 Å². The maximum atomic E-state index is 5.91. The van der Waals surface area contributed by atoms with E-state index in [4.69, 9.17) is 4.74 Å². The molecule has 0 aromatic heterocycles. The first-order chi connectivity index (χ1) is 7.75. The molecule has 0 spiro atoms. The number of likely N-dealkylation sites (tertiary alicyclic amines) is 1. The number of hydrogen-bond acceptors (Lipinski definition) is 2. The van der Waals surface area contributed by atoms with Crippen LogP contribution in [0.1, 0.15) is 26.2 Å². The van der Waals surface area contributed by atoms with Crippen molar-refractivity contribution in [1.82, 2.24) is 4.90 Å². The zero-order valence-corrected chi connectivity index (χ0v) is 11.2. The summed E-state index contributed by atoms with van der Waals surface area (Å²) in [5, 5.41) is 0. The highest BCUT2D eigenvalue weighted by molar-refractivity contribution is 9.10. The van der Waals surface area contributed by atoms with Gasteiger partial charge < -0.3 is 4.74 Å². The van der Waals surface area contributed by atoms with Gasteiger partial charge in [-0.1, -0.05) is 22.4 Å². The van der Waals surface area contributed by atoms with E-state index in [1.54, 1.807) is 0 Å². The molecule has 1 fully saturated rings. The number of ether oxygens (including phenoxy) is 1. The summed E-state index contributed by atoms with van der Waals surface area (Å²) in [6.45, 7) is 4.46. The molecule has 2 rings (SSSR count). The predicted molar refractivity (Wildman–Crippen MR) is 69.7 cm³/mol. The second-order valence-electron chi connectivity index (χ2n) is 4.27. The Labute approximate surface area is 106 Å². The summed E-state index contributed by atoms with van der Waals surface area (Å²) in [5.41, 5.74) is 0. The minimum atomic E-state index is 0.182. The fraction of sp³-hybridized carbons (Fsp3) is 0.538. The van der Waals surface area contributed by atoms with Crippen LogP contribution in [0.4, 0.5) is 0 Å². The Morgan fingerprint density at radius 1 is 1.12 bits per heavy atom. The molecule has 0 N–H and O–H groups in total. The van der Waals surface area contributed by atoms with Gasteiger partial charge in [0.05, 0.1) is 0 Å². The summed E-state index contributed by atoms with van der Waals surface area (Å²) < 4.78 is 7.00. The lowest BCUT2D eigenvalue weighted by Gasteiger charge is -2.32. The zero-order valence-electron chi connectivity index (χ0n) is 9.66. The average molecular weight is 284 g/mol. The lowest BCUT2D eigenvalue weighted by molar-refractivity contribution is 0.0262. The molecule has 1 heterocycles. The molecule has 3 heteroatoms. The lowest BCUT2D eigenvalue weighted by atomic mass is 10.1. The van der Waals surface area contributed by atoms with Crippen LogP contribution >= 0.6 is 15.9 Å². The Kier molecular flexibility index (Phi) is 4.24. The highest BCUT2D eigenvalue weighted by Gasteiger charge is 2.17. The molecular weight excluding hydrogens is 266 g/mol. The van der Waals surface area contributed by atoms with Gasteiger partial charge >= 0.3 is 0 Å². The van der Waals surface area contributed by atoms with Crippen LogP contribution in [0.2, 0.25) is 0 Å². The number of benzene rings is 1. The Balaban J connectivity index is 1.90. The van der Waals surface area contributed by atoms with E-state index in [2.05, 4.69) is 27.8 Å². The van der Waals surface area contributed by atoms with Crippen LogP contribution in [0.5, 0.6) is 5.75 Å². The molecule has 0 aliphatic carbocycles. The highest BCUT2D eigenvalue weighted by Crippen LogP contribution is 2.19. The minimum Gasteiger partial charge on any atom is -0.475 e. The Hall–Kier alpha value is -0.540. The van der Waals surface area contributed by atoms with Crippen LogP contribution in [0, 0.1) is 0 Å². The van der Waals surface area contributed by atoms with Gasteiger partial charge in [-0.2, -0.15) is 0 Å². The van der Waals surface area contributed by atoms with Crippen molar-refractivity contribution in [3.8, 4) is 5.75 Å². The molecule has 1 aromatic rings. The molecule has 88 valence electrons. The summed E-state index contributed by atoms with van der Waals surface area (Å²) in [5.74, 6) is 0.946. The molecule has 0 saturated carbocycles. The van der Waals surface area contributed by atoms with Crippen molar-refractivity contribution in [1.29, 1.82) is 0 Å². The first kappa shape index (κ1) is 11.9. The van der Waals surface area contributed by atoms with E-state index >= 15 is 0 Å². The van der Waals surface area contributed by atoms with Gasteiger partial charge in [-0.15, -0.1) is 0 Å². The van der Waals surface area contributed by atoms with E-state index in [-0.39, 0.29) is 6.23 Å². The molecular formula is C13H18BrNO. The summed E-state index contributed by atoms with van der Waals surface area (Å²) in [7, 11) is 0. The van der Waals surface area contributed by atoms with Gasteiger partial charge in [-0.3, -0.25) is 4.90 Å². The maximum absolute atomic E-state index is 5.91. The fourth-order valence-electron chi connectivity index (χ4n) is 2.07. The number of piperidine rings is 1. The number of nitrogens with zero attached hydrogens (tertiary/aromatic N) is 1. The van der Waals surface area contributed by atoms with E-state index in [1.807, 2.05) is 24.3 Å². The molecule has 1 saturated heterocycles. The Morgan fingerprint density at radius 3 is 2.38 bits per heavy atom. The molecule has 1 aliphatic heterocycles. The number of rotatable bonds is 3. The third-order valence-corrected chi connectivity index (χ3v) is 3.55. The summed E-state index contributed by atoms with van der Waals surface area (Å²) in [4.78, 5) is 2.41. The quantitative estimate of drug-likeness (QED) is 0.840. The lowest BCUT2D eigenvalue weighted by Crippen LogP contribution is -2.40. The van der Waals surface area contributed by atoms with Crippen molar-refractivity contribution >= 4 is 15.9 Å². The van der Waals surface area contributed by atoms with Crippen LogP contribution < -0.4 is 4.74 Å². The molecule has 0 radical (unpaired) electrons. The second-order valence-corrected chi connectivity index (χ2v) is 5.18. The molecule has 1 atom stereocenters. The first-order valence-corrected chi connectivity index (χ1v) is 6.71. The molecule has 16 heavy (non-hydrogen) atoms. The average Bonchev–Trinajstić information content (AvgIpc) is 2.33. The van der Waals surface area contributed by atoms with Crippen LogP contribution in [0.25, 0.3) is 0 Å². The van der Waals surface area contributed by atoms with Crippen LogP contribution in [-0.4, -0.2) is 24.2 Å². The predicted octanol–water partition coefficient (Wildman–Crippen LogP) is 3.66. The van der Waals surface area contributed by atoms with Gasteiger partial charge in [0.15, 0.2) is 0 Å². The number of hydrogen-bond donors (Lipinski definition) is 0. The van der Waals surface area contributed by atoms with Gasteiger partial charge in [-0.25, -0.2) is 0 Å². The topological polar surface area (TPSA) is 12.5 Å². The van der Waals surface area contributed by atoms with Crippen molar-refractivity contribution in [3.63, 3.8) is 0 Å². The summed E-state index contributed by atoms with van der Waals surface area (Å²) in [6, 6.07) is 8.03. The van der Waals surface area contributed by atoms with Crippen LogP contribution in [0.3, 0.4) is 0 Å². The molecule has 2 nitrogen and oxygen atoms in total. The van der Waals surface area contributed by atoms with Crippen LogP contribution in [0.15, 0.2) is 28.7 Å². The Bertz CT molecular complexity index is 319. The second kappa shape index (κ2) is 5.69. The van der Waals surface area contributed by atoms with E-state index < -0.39 is 0 Å². The van der Waals surface area contributed by atoms with Crippen molar-refractivity contribution in [3.05, 3.63) is 28.7 Å². The summed E-state index contributed by atoms with van der Waals surface area (Å²) in [6.07, 6.45) is 4.14. The molecule has 0 amide bonds. The smallest absolute Gasteiger partial charge is 0.149 e. The van der Waals surface area contributed by atoms with Crippen molar-refractivity contribution in [2.75, 3.05) is 13.1 Å². The molecule has 1 aromatic carbocycles. The van der Waals surface area contributed by atoms with Crippen molar-refractivity contribution in [2.45, 2.75) is 32.4 Å². The minimum absolute atomic E-state index is 0.182. The van der Waals surface area contributed by atoms with Crippen LogP contribution in [-0.2, 0) is 0 Å².